The number of nitrogens with two attached hydrogens (primary N) is 1. The number of ether oxygens (including phenoxy) is 2. The van der Waals surface area contributed by atoms with Gasteiger partial charge < -0.3 is 20.6 Å². The van der Waals surface area contributed by atoms with Gasteiger partial charge in [-0.2, -0.15) is 0 Å². The maximum Gasteiger partial charge on any atom is 0.230 e. The number of rotatable bonds is 7. The molecule has 2 aromatic rings. The second-order valence-electron chi connectivity index (χ2n) is 5.60. The summed E-state index contributed by atoms with van der Waals surface area (Å²) in [5, 5.41) is 11.5. The van der Waals surface area contributed by atoms with E-state index in [1.807, 2.05) is 24.3 Å². The summed E-state index contributed by atoms with van der Waals surface area (Å²) in [6.45, 7) is 1.32. The summed E-state index contributed by atoms with van der Waals surface area (Å²) in [5.41, 5.74) is 0.745. The van der Waals surface area contributed by atoms with Gasteiger partial charge in [-0.1, -0.05) is 23.9 Å². The molecular formula is C16H21N5O3S. The van der Waals surface area contributed by atoms with Crippen LogP contribution in [0.1, 0.15) is 12.8 Å². The minimum absolute atomic E-state index is 0.0812. The fourth-order valence-corrected chi connectivity index (χ4v) is 3.29. The number of benzene rings is 1. The van der Waals surface area contributed by atoms with Gasteiger partial charge in [0.2, 0.25) is 11.1 Å². The Bertz CT molecular complexity index is 730. The smallest absolute Gasteiger partial charge is 0.230 e. The molecule has 0 bridgehead atoms. The summed E-state index contributed by atoms with van der Waals surface area (Å²) in [5.74, 6) is 7.36. The number of hydrogen-bond donors (Lipinski definition) is 2. The number of aromatic nitrogens is 3. The van der Waals surface area contributed by atoms with Crippen LogP contribution in [0.4, 0.5) is 0 Å². The number of methoxy groups -OCH3 is 1. The number of carbonyl (C=O) groups excluding carboxylic acids is 1. The Morgan fingerprint density at radius 3 is 3.08 bits per heavy atom. The van der Waals surface area contributed by atoms with Crippen LogP contribution in [0.2, 0.25) is 0 Å². The van der Waals surface area contributed by atoms with Gasteiger partial charge in [-0.15, -0.1) is 10.2 Å². The number of para-hydroxylation sites is 1. The van der Waals surface area contributed by atoms with Crippen LogP contribution < -0.4 is 15.9 Å². The van der Waals surface area contributed by atoms with Gasteiger partial charge in [0.05, 0.1) is 24.5 Å². The first-order valence-corrected chi connectivity index (χ1v) is 9.02. The van der Waals surface area contributed by atoms with E-state index in [2.05, 4.69) is 15.5 Å². The zero-order valence-corrected chi connectivity index (χ0v) is 14.8. The van der Waals surface area contributed by atoms with Gasteiger partial charge in [-0.25, -0.2) is 4.68 Å². The summed E-state index contributed by atoms with van der Waals surface area (Å²) >= 11 is 1.24. The Hall–Kier alpha value is -2.26. The molecule has 1 saturated heterocycles. The normalized spacial score (nSPS) is 16.8. The second kappa shape index (κ2) is 8.21. The van der Waals surface area contributed by atoms with Crippen LogP contribution in [0.3, 0.4) is 0 Å². The molecule has 0 aliphatic carbocycles. The van der Waals surface area contributed by atoms with E-state index in [9.17, 15) is 4.79 Å². The molecule has 0 saturated carbocycles. The van der Waals surface area contributed by atoms with E-state index in [4.69, 9.17) is 15.3 Å². The van der Waals surface area contributed by atoms with Crippen molar-refractivity contribution in [2.24, 2.45) is 0 Å². The zero-order chi connectivity index (χ0) is 17.6. The van der Waals surface area contributed by atoms with Gasteiger partial charge >= 0.3 is 0 Å². The summed E-state index contributed by atoms with van der Waals surface area (Å²) in [6.07, 6.45) is 2.17. The molecule has 1 aromatic carbocycles. The van der Waals surface area contributed by atoms with Crippen molar-refractivity contribution in [3.63, 3.8) is 0 Å². The van der Waals surface area contributed by atoms with Crippen molar-refractivity contribution in [3.05, 3.63) is 24.3 Å². The Kier molecular flexibility index (Phi) is 5.77. The molecule has 25 heavy (non-hydrogen) atoms. The van der Waals surface area contributed by atoms with E-state index in [0.29, 0.717) is 23.3 Å². The van der Waals surface area contributed by atoms with E-state index < -0.39 is 0 Å². The minimum Gasteiger partial charge on any atom is -0.496 e. The summed E-state index contributed by atoms with van der Waals surface area (Å²) in [7, 11) is 1.59. The maximum atomic E-state index is 12.0. The Labute approximate surface area is 150 Å². The van der Waals surface area contributed by atoms with E-state index in [-0.39, 0.29) is 17.8 Å². The van der Waals surface area contributed by atoms with E-state index in [1.54, 1.807) is 7.11 Å². The summed E-state index contributed by atoms with van der Waals surface area (Å²) in [4.78, 5) is 12.0. The van der Waals surface area contributed by atoms with E-state index >= 15 is 0 Å². The van der Waals surface area contributed by atoms with Crippen LogP contribution in [-0.4, -0.2) is 52.9 Å². The van der Waals surface area contributed by atoms with Crippen molar-refractivity contribution in [3.8, 4) is 17.1 Å². The predicted octanol–water partition coefficient (Wildman–Crippen LogP) is 1.05. The number of thioether (sulfide) groups is 1. The van der Waals surface area contributed by atoms with Crippen LogP contribution >= 0.6 is 11.8 Å². The second-order valence-corrected chi connectivity index (χ2v) is 6.55. The lowest BCUT2D eigenvalue weighted by molar-refractivity contribution is -0.119. The van der Waals surface area contributed by atoms with Crippen LogP contribution in [-0.2, 0) is 9.53 Å². The lowest BCUT2D eigenvalue weighted by Crippen LogP contribution is -2.33. The average Bonchev–Trinajstić information content (AvgIpc) is 3.28. The minimum atomic E-state index is -0.0812. The highest BCUT2D eigenvalue weighted by atomic mass is 32.2. The SMILES string of the molecule is COc1ccccc1-c1nnc(SCC(=O)NC[C@H]2CCCO2)n1N. The van der Waals surface area contributed by atoms with Gasteiger partial charge in [0.1, 0.15) is 5.75 Å². The predicted molar refractivity (Wildman–Crippen MR) is 94.9 cm³/mol. The van der Waals surface area contributed by atoms with Crippen molar-refractivity contribution in [2.45, 2.75) is 24.1 Å². The zero-order valence-electron chi connectivity index (χ0n) is 14.0. The molecule has 1 fully saturated rings. The highest BCUT2D eigenvalue weighted by molar-refractivity contribution is 7.99. The highest BCUT2D eigenvalue weighted by Crippen LogP contribution is 2.29. The number of amides is 1. The number of carbonyl (C=O) groups is 1. The number of nitrogens with one attached hydrogen (secondary N) is 1. The first kappa shape index (κ1) is 17.6. The monoisotopic (exact) mass is 363 g/mol. The molecule has 1 atom stereocenters. The Morgan fingerprint density at radius 2 is 2.32 bits per heavy atom. The Balaban J connectivity index is 1.58. The standard InChI is InChI=1S/C16H21N5O3S/c1-23-13-7-3-2-6-12(13)15-19-20-16(21(15)17)25-10-14(22)18-9-11-5-4-8-24-11/h2-3,6-7,11H,4-5,8-10,17H2,1H3,(H,18,22)/t11-/m1/s1. The maximum absolute atomic E-state index is 12.0. The van der Waals surface area contributed by atoms with Crippen LogP contribution in [0.25, 0.3) is 11.4 Å². The molecule has 8 nitrogen and oxygen atoms in total. The lowest BCUT2D eigenvalue weighted by atomic mass is 10.2. The van der Waals surface area contributed by atoms with Crippen molar-refractivity contribution in [1.29, 1.82) is 0 Å². The third-order valence-corrected chi connectivity index (χ3v) is 4.84. The molecule has 0 unspecified atom stereocenters. The van der Waals surface area contributed by atoms with Gasteiger partial charge in [-0.05, 0) is 25.0 Å². The molecule has 0 spiro atoms. The highest BCUT2D eigenvalue weighted by Gasteiger charge is 2.18. The third kappa shape index (κ3) is 4.23. The fourth-order valence-electron chi connectivity index (χ4n) is 2.60. The molecule has 0 radical (unpaired) electrons. The first-order valence-electron chi connectivity index (χ1n) is 8.04. The van der Waals surface area contributed by atoms with Crippen molar-refractivity contribution >= 4 is 17.7 Å². The number of nitrogens with zero attached hydrogens (tertiary/aromatic N) is 3. The van der Waals surface area contributed by atoms with Gasteiger partial charge in [-0.3, -0.25) is 4.79 Å². The molecule has 1 amide bonds. The molecule has 3 rings (SSSR count). The molecule has 9 heteroatoms. The Morgan fingerprint density at radius 1 is 1.48 bits per heavy atom. The van der Waals surface area contributed by atoms with Gasteiger partial charge in [0, 0.05) is 13.2 Å². The van der Waals surface area contributed by atoms with Crippen LogP contribution in [0, 0.1) is 0 Å². The molecule has 1 aliphatic heterocycles. The average molecular weight is 363 g/mol. The van der Waals surface area contributed by atoms with Gasteiger partial charge in [0.15, 0.2) is 5.82 Å². The fraction of sp³-hybridized carbons (Fsp3) is 0.438. The number of hydrogen-bond acceptors (Lipinski definition) is 7. The van der Waals surface area contributed by atoms with E-state index in [1.165, 1.54) is 16.4 Å². The van der Waals surface area contributed by atoms with Gasteiger partial charge in [0.25, 0.3) is 0 Å². The first-order chi connectivity index (χ1) is 12.2. The number of nitrogen functional groups attached to an aromatic ring is 1. The molecule has 134 valence electrons. The molecule has 3 N–H and O–H groups in total. The summed E-state index contributed by atoms with van der Waals surface area (Å²) in [6, 6.07) is 7.43. The largest absolute Gasteiger partial charge is 0.496 e. The quantitative estimate of drug-likeness (QED) is 0.560. The molecular weight excluding hydrogens is 342 g/mol. The van der Waals surface area contributed by atoms with Crippen LogP contribution in [0.15, 0.2) is 29.4 Å². The topological polar surface area (TPSA) is 104 Å². The molecule has 2 heterocycles. The molecule has 1 aromatic heterocycles. The van der Waals surface area contributed by atoms with Crippen LogP contribution in [0.5, 0.6) is 5.75 Å². The van der Waals surface area contributed by atoms with Crippen molar-refractivity contribution in [1.82, 2.24) is 20.2 Å². The molecule has 1 aliphatic rings. The lowest BCUT2D eigenvalue weighted by Gasteiger charge is -2.10. The van der Waals surface area contributed by atoms with Crippen molar-refractivity contribution < 1.29 is 14.3 Å². The third-order valence-electron chi connectivity index (χ3n) is 3.90. The summed E-state index contributed by atoms with van der Waals surface area (Å²) < 4.78 is 12.2. The van der Waals surface area contributed by atoms with Crippen molar-refractivity contribution in [2.75, 3.05) is 31.9 Å². The van der Waals surface area contributed by atoms with E-state index in [0.717, 1.165) is 25.0 Å².